The second kappa shape index (κ2) is 9.54. The summed E-state index contributed by atoms with van der Waals surface area (Å²) < 4.78 is 34.8. The Hall–Kier alpha value is -2.88. The predicted octanol–water partition coefficient (Wildman–Crippen LogP) is 6.14. The summed E-state index contributed by atoms with van der Waals surface area (Å²) in [4.78, 5) is 13.6. The monoisotopic (exact) mass is 544 g/mol. The summed E-state index contributed by atoms with van der Waals surface area (Å²) in [5, 5.41) is 3.67. The number of methoxy groups -OCH3 is 1. The van der Waals surface area contributed by atoms with Crippen molar-refractivity contribution in [3.05, 3.63) is 82.1 Å². The van der Waals surface area contributed by atoms with Crippen LogP contribution in [0.1, 0.15) is 16.6 Å². The quantitative estimate of drug-likeness (QED) is 0.303. The molecule has 0 fully saturated rings. The number of carbonyl (C=O) groups is 1. The highest BCUT2D eigenvalue weighted by Crippen LogP contribution is 2.33. The van der Waals surface area contributed by atoms with Gasteiger partial charge in [0.05, 0.1) is 28.3 Å². The van der Waals surface area contributed by atoms with E-state index in [2.05, 4.69) is 21.2 Å². The van der Waals surface area contributed by atoms with Crippen LogP contribution in [0.3, 0.4) is 0 Å². The van der Waals surface area contributed by atoms with Crippen molar-refractivity contribution in [3.63, 3.8) is 0 Å². The minimum atomic E-state index is -3.72. The maximum Gasteiger partial charge on any atom is 0.265 e. The van der Waals surface area contributed by atoms with Gasteiger partial charge < -0.3 is 10.1 Å². The van der Waals surface area contributed by atoms with Gasteiger partial charge in [-0.1, -0.05) is 28.1 Å². The number of amides is 1. The number of benzene rings is 3. The number of carbonyl (C=O) groups excluding carboxylic acids is 1. The molecule has 0 aliphatic heterocycles. The van der Waals surface area contributed by atoms with Crippen LogP contribution in [0.4, 0.5) is 11.4 Å². The Balaban J connectivity index is 1.64. The van der Waals surface area contributed by atoms with Gasteiger partial charge in [-0.2, -0.15) is 0 Å². The first-order valence-corrected chi connectivity index (χ1v) is 13.1. The smallest absolute Gasteiger partial charge is 0.265 e. The first-order valence-electron chi connectivity index (χ1n) is 10.1. The van der Waals surface area contributed by atoms with Gasteiger partial charge in [0.1, 0.15) is 5.75 Å². The number of halogens is 1. The van der Waals surface area contributed by atoms with Gasteiger partial charge in [0.2, 0.25) is 0 Å². The highest BCUT2D eigenvalue weighted by molar-refractivity contribution is 9.10. The molecule has 3 aromatic carbocycles. The van der Waals surface area contributed by atoms with Crippen LogP contribution < -0.4 is 14.4 Å². The van der Waals surface area contributed by atoms with Gasteiger partial charge >= 0.3 is 0 Å². The Kier molecular flexibility index (Phi) is 6.73. The van der Waals surface area contributed by atoms with Crippen molar-refractivity contribution in [1.82, 2.24) is 0 Å². The van der Waals surface area contributed by atoms with Crippen LogP contribution in [0, 0.1) is 0 Å². The van der Waals surface area contributed by atoms with E-state index in [9.17, 15) is 13.2 Å². The Morgan fingerprint density at radius 1 is 1.06 bits per heavy atom. The van der Waals surface area contributed by atoms with Crippen LogP contribution in [0.15, 0.2) is 82.2 Å². The molecule has 0 aliphatic carbocycles. The summed E-state index contributed by atoms with van der Waals surface area (Å²) in [5.74, 6) is 0.322. The van der Waals surface area contributed by atoms with Gasteiger partial charge in [-0.3, -0.25) is 9.10 Å². The summed E-state index contributed by atoms with van der Waals surface area (Å²) in [5.41, 5.74) is 1.13. The standard InChI is InChI=1S/C24H21BrN2O4S2/c1-3-27(33(29,30)19-11-8-17(25)9-12-19)18-10-13-22-16(14-18)15-23(32-22)24(28)26-20-6-4-5-7-21(20)31-2/h4-15H,3H2,1-2H3,(H,26,28). The number of ether oxygens (including phenoxy) is 1. The molecule has 0 bridgehead atoms. The topological polar surface area (TPSA) is 75.7 Å². The number of nitrogens with one attached hydrogen (secondary N) is 1. The number of para-hydroxylation sites is 2. The summed E-state index contributed by atoms with van der Waals surface area (Å²) in [6.07, 6.45) is 0. The minimum absolute atomic E-state index is 0.217. The molecule has 1 N–H and O–H groups in total. The Morgan fingerprint density at radius 2 is 1.79 bits per heavy atom. The van der Waals surface area contributed by atoms with Gasteiger partial charge in [0.25, 0.3) is 15.9 Å². The maximum absolute atomic E-state index is 13.2. The average molecular weight is 545 g/mol. The van der Waals surface area contributed by atoms with E-state index in [1.807, 2.05) is 18.2 Å². The van der Waals surface area contributed by atoms with Crippen LogP contribution in [0.25, 0.3) is 10.1 Å². The summed E-state index contributed by atoms with van der Waals surface area (Å²) in [7, 11) is -2.18. The highest BCUT2D eigenvalue weighted by atomic mass is 79.9. The van der Waals surface area contributed by atoms with Gasteiger partial charge in [-0.05, 0) is 73.0 Å². The SMILES string of the molecule is CCN(c1ccc2sc(C(=O)Nc3ccccc3OC)cc2c1)S(=O)(=O)c1ccc(Br)cc1. The molecule has 4 aromatic rings. The number of fused-ring (bicyclic) bond motifs is 1. The third kappa shape index (κ3) is 4.75. The molecule has 1 amide bonds. The van der Waals surface area contributed by atoms with E-state index in [0.29, 0.717) is 22.0 Å². The van der Waals surface area contributed by atoms with Gasteiger partial charge in [-0.15, -0.1) is 11.3 Å². The number of sulfonamides is 1. The fourth-order valence-electron chi connectivity index (χ4n) is 3.45. The third-order valence-electron chi connectivity index (χ3n) is 5.06. The van der Waals surface area contributed by atoms with Crippen molar-refractivity contribution < 1.29 is 17.9 Å². The van der Waals surface area contributed by atoms with Crippen LogP contribution in [0.5, 0.6) is 5.75 Å². The molecule has 0 aliphatic rings. The van der Waals surface area contributed by atoms with Crippen molar-refractivity contribution in [1.29, 1.82) is 0 Å². The zero-order chi connectivity index (χ0) is 23.6. The first-order chi connectivity index (χ1) is 15.8. The molecule has 0 saturated heterocycles. The van der Waals surface area contributed by atoms with E-state index in [0.717, 1.165) is 14.6 Å². The molecule has 4 rings (SSSR count). The van der Waals surface area contributed by atoms with Crippen molar-refractivity contribution in [2.75, 3.05) is 23.3 Å². The molecule has 33 heavy (non-hydrogen) atoms. The average Bonchev–Trinajstić information content (AvgIpc) is 3.24. The molecule has 1 aromatic heterocycles. The first kappa shape index (κ1) is 23.3. The second-order valence-corrected chi connectivity index (χ2v) is 11.0. The molecule has 1 heterocycles. The Labute approximate surface area is 205 Å². The van der Waals surface area contributed by atoms with Crippen LogP contribution in [-0.2, 0) is 10.0 Å². The van der Waals surface area contributed by atoms with E-state index < -0.39 is 10.0 Å². The molecular formula is C24H21BrN2O4S2. The normalized spacial score (nSPS) is 11.4. The lowest BCUT2D eigenvalue weighted by Gasteiger charge is -2.23. The molecule has 9 heteroatoms. The Morgan fingerprint density at radius 3 is 2.48 bits per heavy atom. The number of hydrogen-bond acceptors (Lipinski definition) is 5. The molecule has 0 saturated carbocycles. The lowest BCUT2D eigenvalue weighted by atomic mass is 10.2. The number of thiophene rings is 1. The van der Waals surface area contributed by atoms with E-state index in [1.54, 1.807) is 68.6 Å². The predicted molar refractivity (Wildman–Crippen MR) is 137 cm³/mol. The van der Waals surface area contributed by atoms with Crippen molar-refractivity contribution in [2.45, 2.75) is 11.8 Å². The Bertz CT molecular complexity index is 1420. The third-order valence-corrected chi connectivity index (χ3v) is 8.62. The molecule has 0 radical (unpaired) electrons. The molecule has 0 atom stereocenters. The molecule has 6 nitrogen and oxygen atoms in total. The lowest BCUT2D eigenvalue weighted by molar-refractivity contribution is 0.103. The van der Waals surface area contributed by atoms with Crippen LogP contribution >= 0.6 is 27.3 Å². The molecule has 0 spiro atoms. The number of rotatable bonds is 7. The van der Waals surface area contributed by atoms with E-state index in [-0.39, 0.29) is 17.3 Å². The zero-order valence-corrected chi connectivity index (χ0v) is 21.1. The minimum Gasteiger partial charge on any atom is -0.495 e. The lowest BCUT2D eigenvalue weighted by Crippen LogP contribution is -2.30. The maximum atomic E-state index is 13.2. The van der Waals surface area contributed by atoms with E-state index in [4.69, 9.17) is 4.74 Å². The number of anilines is 2. The van der Waals surface area contributed by atoms with E-state index >= 15 is 0 Å². The van der Waals surface area contributed by atoms with E-state index in [1.165, 1.54) is 15.6 Å². The molecule has 0 unspecified atom stereocenters. The van der Waals surface area contributed by atoms with Gasteiger partial charge in [0, 0.05) is 15.7 Å². The van der Waals surface area contributed by atoms with Crippen LogP contribution in [0.2, 0.25) is 0 Å². The fourth-order valence-corrected chi connectivity index (χ4v) is 6.12. The summed E-state index contributed by atoms with van der Waals surface area (Å²) in [6.45, 7) is 2.07. The molecular weight excluding hydrogens is 524 g/mol. The van der Waals surface area contributed by atoms with Crippen molar-refractivity contribution >= 4 is 64.7 Å². The fraction of sp³-hybridized carbons (Fsp3) is 0.125. The van der Waals surface area contributed by atoms with Crippen LogP contribution in [-0.4, -0.2) is 28.0 Å². The number of hydrogen-bond donors (Lipinski definition) is 1. The van der Waals surface area contributed by atoms with Crippen molar-refractivity contribution in [3.8, 4) is 5.75 Å². The summed E-state index contributed by atoms with van der Waals surface area (Å²) >= 11 is 4.68. The number of nitrogens with zero attached hydrogens (tertiary/aromatic N) is 1. The summed E-state index contributed by atoms with van der Waals surface area (Å²) in [6, 6.07) is 20.9. The second-order valence-electron chi connectivity index (χ2n) is 7.11. The van der Waals surface area contributed by atoms with Crippen molar-refractivity contribution in [2.24, 2.45) is 0 Å². The molecule has 170 valence electrons. The largest absolute Gasteiger partial charge is 0.495 e. The van der Waals surface area contributed by atoms with Gasteiger partial charge in [-0.25, -0.2) is 8.42 Å². The van der Waals surface area contributed by atoms with Gasteiger partial charge in [0.15, 0.2) is 0 Å². The highest BCUT2D eigenvalue weighted by Gasteiger charge is 2.24. The zero-order valence-electron chi connectivity index (χ0n) is 17.9.